The number of anilines is 1. The number of fused-ring (bicyclic) bond motifs is 1. The molecular formula is C27H25N5O4S. The molecule has 188 valence electrons. The summed E-state index contributed by atoms with van der Waals surface area (Å²) in [7, 11) is -2.52. The summed E-state index contributed by atoms with van der Waals surface area (Å²) in [5.74, 6) is -0.691. The van der Waals surface area contributed by atoms with Crippen LogP contribution < -0.4 is 14.9 Å². The predicted octanol–water partition coefficient (Wildman–Crippen LogP) is 3.52. The van der Waals surface area contributed by atoms with E-state index in [9.17, 15) is 18.0 Å². The van der Waals surface area contributed by atoms with Crippen LogP contribution in [-0.2, 0) is 14.8 Å². The SMILES string of the molecule is Cc1ccccc1S(=O)(=O)NC(=O)N[C@@]1(C(=O)N(C)c2ccc3nccnc3c2)CC1c1ccccc1. The van der Waals surface area contributed by atoms with Gasteiger partial charge in [0, 0.05) is 31.0 Å². The molecule has 1 unspecified atom stereocenters. The number of nitrogens with one attached hydrogen (secondary N) is 2. The van der Waals surface area contributed by atoms with Crippen LogP contribution in [0.4, 0.5) is 10.5 Å². The lowest BCUT2D eigenvalue weighted by Gasteiger charge is -2.26. The first kappa shape index (κ1) is 24.4. The number of benzene rings is 3. The Morgan fingerprint density at radius 2 is 1.62 bits per heavy atom. The molecule has 5 rings (SSSR count). The molecule has 1 heterocycles. The minimum atomic E-state index is -4.14. The van der Waals surface area contributed by atoms with Gasteiger partial charge in [-0.3, -0.25) is 14.8 Å². The lowest BCUT2D eigenvalue weighted by molar-refractivity contribution is -0.121. The third-order valence-electron chi connectivity index (χ3n) is 6.64. The number of urea groups is 1. The van der Waals surface area contributed by atoms with Crippen LogP contribution >= 0.6 is 0 Å². The van der Waals surface area contributed by atoms with Crippen molar-refractivity contribution in [2.24, 2.45) is 0 Å². The summed E-state index contributed by atoms with van der Waals surface area (Å²) < 4.78 is 27.9. The minimum absolute atomic E-state index is 0.00433. The van der Waals surface area contributed by atoms with E-state index < -0.39 is 21.6 Å². The largest absolute Gasteiger partial charge is 0.329 e. The fraction of sp³-hybridized carbons (Fsp3) is 0.185. The molecule has 0 bridgehead atoms. The van der Waals surface area contributed by atoms with Gasteiger partial charge in [-0.25, -0.2) is 17.9 Å². The van der Waals surface area contributed by atoms with Crippen molar-refractivity contribution in [3.05, 3.63) is 96.3 Å². The van der Waals surface area contributed by atoms with Crippen LogP contribution in [0, 0.1) is 6.92 Å². The van der Waals surface area contributed by atoms with Crippen LogP contribution in [0.3, 0.4) is 0 Å². The maximum atomic E-state index is 13.9. The first-order valence-corrected chi connectivity index (χ1v) is 13.1. The zero-order valence-corrected chi connectivity index (χ0v) is 21.1. The monoisotopic (exact) mass is 515 g/mol. The van der Waals surface area contributed by atoms with E-state index in [1.165, 1.54) is 11.0 Å². The van der Waals surface area contributed by atoms with Gasteiger partial charge < -0.3 is 10.2 Å². The maximum Gasteiger partial charge on any atom is 0.329 e. The third kappa shape index (κ3) is 4.63. The molecule has 0 spiro atoms. The molecule has 3 aromatic carbocycles. The lowest BCUT2D eigenvalue weighted by atomic mass is 10.0. The number of sulfonamides is 1. The molecule has 0 saturated heterocycles. The molecule has 10 heteroatoms. The van der Waals surface area contributed by atoms with Crippen LogP contribution in [-0.4, -0.2) is 42.9 Å². The normalized spacial score (nSPS) is 18.7. The van der Waals surface area contributed by atoms with E-state index in [0.717, 1.165) is 5.56 Å². The van der Waals surface area contributed by atoms with Crippen molar-refractivity contribution in [2.45, 2.75) is 29.7 Å². The number of carbonyl (C=O) groups is 2. The summed E-state index contributed by atoms with van der Waals surface area (Å²) in [5, 5.41) is 2.70. The highest BCUT2D eigenvalue weighted by molar-refractivity contribution is 7.90. The number of aromatic nitrogens is 2. The van der Waals surface area contributed by atoms with Crippen LogP contribution in [0.5, 0.6) is 0 Å². The fourth-order valence-corrected chi connectivity index (χ4v) is 5.77. The van der Waals surface area contributed by atoms with Crippen LogP contribution in [0.15, 0.2) is 90.1 Å². The predicted molar refractivity (Wildman–Crippen MR) is 140 cm³/mol. The minimum Gasteiger partial charge on any atom is -0.322 e. The molecule has 2 N–H and O–H groups in total. The van der Waals surface area contributed by atoms with Gasteiger partial charge in [0.2, 0.25) is 0 Å². The van der Waals surface area contributed by atoms with Crippen LogP contribution in [0.2, 0.25) is 0 Å². The molecule has 0 aliphatic heterocycles. The zero-order chi connectivity index (χ0) is 26.2. The molecule has 1 aliphatic carbocycles. The Bertz CT molecular complexity index is 1610. The Morgan fingerprint density at radius 1 is 0.946 bits per heavy atom. The van der Waals surface area contributed by atoms with Crippen LogP contribution in [0.1, 0.15) is 23.5 Å². The number of hydrogen-bond acceptors (Lipinski definition) is 6. The van der Waals surface area contributed by atoms with Crippen molar-refractivity contribution < 1.29 is 18.0 Å². The van der Waals surface area contributed by atoms with Gasteiger partial charge >= 0.3 is 6.03 Å². The van der Waals surface area contributed by atoms with Crippen molar-refractivity contribution in [3.63, 3.8) is 0 Å². The number of carbonyl (C=O) groups excluding carboxylic acids is 2. The van der Waals surface area contributed by atoms with E-state index in [2.05, 4.69) is 20.0 Å². The van der Waals surface area contributed by atoms with Gasteiger partial charge in [-0.05, 0) is 48.7 Å². The highest BCUT2D eigenvalue weighted by Gasteiger charge is 2.63. The van der Waals surface area contributed by atoms with Gasteiger partial charge in [0.25, 0.3) is 15.9 Å². The summed E-state index contributed by atoms with van der Waals surface area (Å²) in [4.78, 5) is 36.9. The molecule has 1 saturated carbocycles. The van der Waals surface area contributed by atoms with Crippen molar-refractivity contribution in [1.82, 2.24) is 20.0 Å². The van der Waals surface area contributed by atoms with E-state index >= 15 is 0 Å². The molecular weight excluding hydrogens is 490 g/mol. The highest BCUT2D eigenvalue weighted by Crippen LogP contribution is 2.52. The first-order chi connectivity index (χ1) is 17.7. The number of nitrogens with zero attached hydrogens (tertiary/aromatic N) is 3. The van der Waals surface area contributed by atoms with Gasteiger partial charge in [0.1, 0.15) is 5.54 Å². The third-order valence-corrected chi connectivity index (χ3v) is 8.13. The molecule has 1 aliphatic rings. The summed E-state index contributed by atoms with van der Waals surface area (Å²) in [6.45, 7) is 1.65. The maximum absolute atomic E-state index is 13.9. The summed E-state index contributed by atoms with van der Waals surface area (Å²) >= 11 is 0. The Kier molecular flexibility index (Phi) is 6.12. The standard InChI is InChI=1S/C27H25N5O4S/c1-18-8-6-7-11-24(18)37(35,36)31-26(34)30-27(17-21(27)19-9-4-3-5-10-19)25(33)32(2)20-12-13-22-23(16-20)29-15-14-28-22/h3-16,21H,17H2,1-2H3,(H2,30,31,34)/t21?,27-/m0/s1. The van der Waals surface area contributed by atoms with Crippen molar-refractivity contribution in [2.75, 3.05) is 11.9 Å². The summed E-state index contributed by atoms with van der Waals surface area (Å²) in [6.07, 6.45) is 3.49. The molecule has 1 aromatic heterocycles. The van der Waals surface area contributed by atoms with Crippen molar-refractivity contribution >= 4 is 38.7 Å². The second-order valence-electron chi connectivity index (χ2n) is 9.06. The van der Waals surface area contributed by atoms with Gasteiger partial charge in [0.05, 0.1) is 15.9 Å². The fourth-order valence-electron chi connectivity index (χ4n) is 4.62. The number of aryl methyl sites for hydroxylation is 1. The van der Waals surface area contributed by atoms with Crippen molar-refractivity contribution in [3.8, 4) is 0 Å². The number of likely N-dealkylation sites (N-methyl/N-ethyl adjacent to an activating group) is 1. The summed E-state index contributed by atoms with van der Waals surface area (Å²) in [5.41, 5.74) is 1.94. The average molecular weight is 516 g/mol. The molecule has 3 amide bonds. The molecule has 1 fully saturated rings. The lowest BCUT2D eigenvalue weighted by Crippen LogP contribution is -2.54. The number of hydrogen-bond donors (Lipinski definition) is 2. The number of rotatable bonds is 6. The van der Waals surface area contributed by atoms with Gasteiger partial charge in [-0.1, -0.05) is 48.5 Å². The second kappa shape index (κ2) is 9.29. The first-order valence-electron chi connectivity index (χ1n) is 11.7. The number of amides is 3. The molecule has 37 heavy (non-hydrogen) atoms. The second-order valence-corrected chi connectivity index (χ2v) is 10.7. The quantitative estimate of drug-likeness (QED) is 0.405. The van der Waals surface area contributed by atoms with E-state index in [4.69, 9.17) is 0 Å². The van der Waals surface area contributed by atoms with E-state index in [-0.39, 0.29) is 16.7 Å². The van der Waals surface area contributed by atoms with Crippen LogP contribution in [0.25, 0.3) is 11.0 Å². The molecule has 2 atom stereocenters. The van der Waals surface area contributed by atoms with Gasteiger partial charge in [-0.2, -0.15) is 0 Å². The van der Waals surface area contributed by atoms with E-state index in [0.29, 0.717) is 28.7 Å². The molecule has 0 radical (unpaired) electrons. The Hall–Kier alpha value is -4.31. The van der Waals surface area contributed by atoms with Gasteiger partial charge in [-0.15, -0.1) is 0 Å². The summed E-state index contributed by atoms with van der Waals surface area (Å²) in [6, 6.07) is 20.0. The Morgan fingerprint density at radius 3 is 2.35 bits per heavy atom. The van der Waals surface area contributed by atoms with Gasteiger partial charge in [0.15, 0.2) is 0 Å². The highest BCUT2D eigenvalue weighted by atomic mass is 32.2. The van der Waals surface area contributed by atoms with E-state index in [1.54, 1.807) is 62.8 Å². The molecule has 4 aromatic rings. The zero-order valence-electron chi connectivity index (χ0n) is 20.3. The average Bonchev–Trinajstić information content (AvgIpc) is 3.62. The Balaban J connectivity index is 1.44. The molecule has 9 nitrogen and oxygen atoms in total. The van der Waals surface area contributed by atoms with E-state index in [1.807, 2.05) is 30.3 Å². The Labute approximate surface area is 214 Å². The van der Waals surface area contributed by atoms with Crippen molar-refractivity contribution in [1.29, 1.82) is 0 Å². The topological polar surface area (TPSA) is 121 Å². The smallest absolute Gasteiger partial charge is 0.322 e.